The number of nitrogens with one attached hydrogen (secondary N) is 1. The van der Waals surface area contributed by atoms with Crippen molar-refractivity contribution in [2.45, 2.75) is 25.3 Å². The summed E-state index contributed by atoms with van der Waals surface area (Å²) in [6.07, 6.45) is -1.03. The third-order valence-electron chi connectivity index (χ3n) is 2.73. The Bertz CT molecular complexity index is 352. The summed E-state index contributed by atoms with van der Waals surface area (Å²) in [5.41, 5.74) is 1.50. The summed E-state index contributed by atoms with van der Waals surface area (Å²) in [6.45, 7) is -0.333. The van der Waals surface area contributed by atoms with E-state index in [1.54, 1.807) is 12.1 Å². The van der Waals surface area contributed by atoms with Gasteiger partial charge in [0.05, 0.1) is 6.54 Å². The molecule has 0 heterocycles. The lowest BCUT2D eigenvalue weighted by Crippen LogP contribution is -2.25. The molecule has 2 rings (SSSR count). The molecular formula is C11H12F3N. The van der Waals surface area contributed by atoms with Crippen molar-refractivity contribution < 1.29 is 13.2 Å². The van der Waals surface area contributed by atoms with Gasteiger partial charge >= 0.3 is 0 Å². The Balaban J connectivity index is 2.11. The van der Waals surface area contributed by atoms with E-state index in [0.29, 0.717) is 18.4 Å². The molecule has 1 nitrogen and oxygen atoms in total. The van der Waals surface area contributed by atoms with Gasteiger partial charge in [0.2, 0.25) is 0 Å². The minimum absolute atomic E-state index is 0.121. The van der Waals surface area contributed by atoms with Crippen molar-refractivity contribution in [3.05, 3.63) is 35.1 Å². The van der Waals surface area contributed by atoms with Gasteiger partial charge in [0.15, 0.2) is 0 Å². The summed E-state index contributed by atoms with van der Waals surface area (Å²) >= 11 is 0. The Kier molecular flexibility index (Phi) is 2.95. The predicted octanol–water partition coefficient (Wildman–Crippen LogP) is 2.67. The average molecular weight is 215 g/mol. The third kappa shape index (κ3) is 2.15. The average Bonchev–Trinajstić information content (AvgIpc) is 2.59. The van der Waals surface area contributed by atoms with E-state index < -0.39 is 6.43 Å². The second-order valence-corrected chi connectivity index (χ2v) is 3.70. The van der Waals surface area contributed by atoms with Gasteiger partial charge in [-0.05, 0) is 30.0 Å². The molecule has 1 unspecified atom stereocenters. The Labute approximate surface area is 86.3 Å². The van der Waals surface area contributed by atoms with E-state index in [1.165, 1.54) is 6.07 Å². The standard InChI is InChI=1S/C11H12F3N/c12-9-3-1-2-8-7(9)4-5-10(8)15-6-11(13)14/h1-3,10-11,15H,4-6H2. The third-order valence-corrected chi connectivity index (χ3v) is 2.73. The quantitative estimate of drug-likeness (QED) is 0.817. The van der Waals surface area contributed by atoms with E-state index in [1.807, 2.05) is 0 Å². The number of rotatable bonds is 3. The fourth-order valence-electron chi connectivity index (χ4n) is 2.05. The van der Waals surface area contributed by atoms with Crippen LogP contribution in [0.4, 0.5) is 13.2 Å². The molecule has 82 valence electrons. The fraction of sp³-hybridized carbons (Fsp3) is 0.455. The van der Waals surface area contributed by atoms with Crippen LogP contribution in [-0.4, -0.2) is 13.0 Å². The molecule has 1 aromatic rings. The molecule has 1 aliphatic rings. The highest BCUT2D eigenvalue weighted by Crippen LogP contribution is 2.32. The van der Waals surface area contributed by atoms with Crippen LogP contribution >= 0.6 is 0 Å². The molecule has 1 N–H and O–H groups in total. The smallest absolute Gasteiger partial charge is 0.250 e. The van der Waals surface area contributed by atoms with Gasteiger partial charge in [0, 0.05) is 6.04 Å². The van der Waals surface area contributed by atoms with E-state index in [2.05, 4.69) is 5.32 Å². The normalized spacial score (nSPS) is 19.6. The van der Waals surface area contributed by atoms with E-state index in [9.17, 15) is 13.2 Å². The number of benzene rings is 1. The van der Waals surface area contributed by atoms with Gasteiger partial charge in [-0.25, -0.2) is 13.2 Å². The van der Waals surface area contributed by atoms with E-state index >= 15 is 0 Å². The number of alkyl halides is 2. The van der Waals surface area contributed by atoms with Crippen LogP contribution in [0.3, 0.4) is 0 Å². The van der Waals surface area contributed by atoms with Gasteiger partial charge in [-0.2, -0.15) is 0 Å². The van der Waals surface area contributed by atoms with Crippen molar-refractivity contribution in [2.24, 2.45) is 0 Å². The summed E-state index contributed by atoms with van der Waals surface area (Å²) in [7, 11) is 0. The van der Waals surface area contributed by atoms with Crippen molar-refractivity contribution in [1.82, 2.24) is 5.32 Å². The summed E-state index contributed by atoms with van der Waals surface area (Å²) in [4.78, 5) is 0. The van der Waals surface area contributed by atoms with Crippen molar-refractivity contribution in [2.75, 3.05) is 6.54 Å². The molecule has 0 amide bonds. The zero-order valence-corrected chi connectivity index (χ0v) is 8.14. The summed E-state index contributed by atoms with van der Waals surface area (Å²) in [5.74, 6) is -0.228. The first-order chi connectivity index (χ1) is 7.18. The monoisotopic (exact) mass is 215 g/mol. The molecule has 0 spiro atoms. The van der Waals surface area contributed by atoms with E-state index in [-0.39, 0.29) is 18.4 Å². The van der Waals surface area contributed by atoms with Gasteiger partial charge in [-0.15, -0.1) is 0 Å². The first-order valence-electron chi connectivity index (χ1n) is 4.97. The minimum Gasteiger partial charge on any atom is -0.305 e. The van der Waals surface area contributed by atoms with Crippen LogP contribution in [0.1, 0.15) is 23.6 Å². The molecule has 0 saturated heterocycles. The summed E-state index contributed by atoms with van der Waals surface area (Å²) in [5, 5.41) is 2.75. The zero-order chi connectivity index (χ0) is 10.8. The van der Waals surface area contributed by atoms with Crippen LogP contribution in [0, 0.1) is 5.82 Å². The Morgan fingerprint density at radius 3 is 2.93 bits per heavy atom. The molecular weight excluding hydrogens is 203 g/mol. The zero-order valence-electron chi connectivity index (χ0n) is 8.14. The Morgan fingerprint density at radius 1 is 1.40 bits per heavy atom. The molecule has 0 aliphatic heterocycles. The molecule has 1 atom stereocenters. The predicted molar refractivity (Wildman–Crippen MR) is 51.5 cm³/mol. The van der Waals surface area contributed by atoms with E-state index in [0.717, 1.165) is 5.56 Å². The maximum Gasteiger partial charge on any atom is 0.250 e. The molecule has 0 aromatic heterocycles. The van der Waals surface area contributed by atoms with Gasteiger partial charge in [0.25, 0.3) is 6.43 Å². The second kappa shape index (κ2) is 4.23. The Hall–Kier alpha value is -1.03. The van der Waals surface area contributed by atoms with Crippen LogP contribution in [0.2, 0.25) is 0 Å². The molecule has 4 heteroatoms. The second-order valence-electron chi connectivity index (χ2n) is 3.70. The van der Waals surface area contributed by atoms with Crippen molar-refractivity contribution in [3.63, 3.8) is 0 Å². The summed E-state index contributed by atoms with van der Waals surface area (Å²) < 4.78 is 37.3. The maximum absolute atomic E-state index is 13.3. The highest BCUT2D eigenvalue weighted by molar-refractivity contribution is 5.35. The van der Waals surface area contributed by atoms with Gasteiger partial charge in [-0.1, -0.05) is 12.1 Å². The van der Waals surface area contributed by atoms with Crippen molar-refractivity contribution in [3.8, 4) is 0 Å². The number of hydrogen-bond acceptors (Lipinski definition) is 1. The van der Waals surface area contributed by atoms with Crippen LogP contribution < -0.4 is 5.32 Å². The van der Waals surface area contributed by atoms with Crippen LogP contribution in [0.15, 0.2) is 18.2 Å². The Morgan fingerprint density at radius 2 is 2.20 bits per heavy atom. The van der Waals surface area contributed by atoms with Crippen molar-refractivity contribution >= 4 is 0 Å². The largest absolute Gasteiger partial charge is 0.305 e. The van der Waals surface area contributed by atoms with Gasteiger partial charge in [-0.3, -0.25) is 0 Å². The van der Waals surface area contributed by atoms with Crippen molar-refractivity contribution in [1.29, 1.82) is 0 Å². The lowest BCUT2D eigenvalue weighted by Gasteiger charge is -2.13. The fourth-order valence-corrected chi connectivity index (χ4v) is 2.05. The highest BCUT2D eigenvalue weighted by atomic mass is 19.3. The summed E-state index contributed by atoms with van der Waals surface area (Å²) in [6, 6.07) is 4.71. The molecule has 0 saturated carbocycles. The van der Waals surface area contributed by atoms with Crippen LogP contribution in [0.5, 0.6) is 0 Å². The van der Waals surface area contributed by atoms with Gasteiger partial charge in [0.1, 0.15) is 5.82 Å². The number of fused-ring (bicyclic) bond motifs is 1. The number of hydrogen-bond donors (Lipinski definition) is 1. The first kappa shape index (κ1) is 10.5. The SMILES string of the molecule is Fc1cccc2c1CCC2NCC(F)F. The highest BCUT2D eigenvalue weighted by Gasteiger charge is 2.24. The molecule has 15 heavy (non-hydrogen) atoms. The van der Waals surface area contributed by atoms with E-state index in [4.69, 9.17) is 0 Å². The molecule has 0 fully saturated rings. The lowest BCUT2D eigenvalue weighted by molar-refractivity contribution is 0.141. The topological polar surface area (TPSA) is 12.0 Å². The minimum atomic E-state index is -2.36. The van der Waals surface area contributed by atoms with Crippen LogP contribution in [0.25, 0.3) is 0 Å². The lowest BCUT2D eigenvalue weighted by atomic mass is 10.1. The molecule has 0 bridgehead atoms. The van der Waals surface area contributed by atoms with Gasteiger partial charge < -0.3 is 5.32 Å². The number of halogens is 3. The molecule has 1 aromatic carbocycles. The first-order valence-corrected chi connectivity index (χ1v) is 4.97. The molecule has 0 radical (unpaired) electrons. The molecule has 1 aliphatic carbocycles. The maximum atomic E-state index is 13.3. The van der Waals surface area contributed by atoms with Crippen LogP contribution in [-0.2, 0) is 6.42 Å².